The minimum absolute atomic E-state index is 0. The van der Waals surface area contributed by atoms with Crippen molar-refractivity contribution in [3.05, 3.63) is 68.1 Å². The van der Waals surface area contributed by atoms with Crippen LogP contribution in [-0.2, 0) is 24.3 Å². The van der Waals surface area contributed by atoms with Crippen LogP contribution in [0, 0.1) is 37.0 Å². The average molecular weight is 567 g/mol. The Morgan fingerprint density at radius 3 is 1.82 bits per heavy atom. The Balaban J connectivity index is 0.000000995. The monoisotopic (exact) mass is 566 g/mol. The molecule has 0 amide bonds. The smallest absolute Gasteiger partial charge is 0.545 e. The maximum absolute atomic E-state index is 7.75. The topological polar surface area (TPSA) is 17.1 Å². The van der Waals surface area contributed by atoms with Gasteiger partial charge in [0.2, 0.25) is 0 Å². The second kappa shape index (κ2) is 15.3. The van der Waals surface area contributed by atoms with Crippen LogP contribution in [0.2, 0.25) is 0 Å². The van der Waals surface area contributed by atoms with Crippen molar-refractivity contribution in [2.24, 2.45) is 29.6 Å². The molecule has 3 heteroatoms. The first-order valence-corrected chi connectivity index (χ1v) is 14.8. The third kappa shape index (κ3) is 7.11. The zero-order valence-electron chi connectivity index (χ0n) is 21.0. The molecule has 0 N–H and O–H groups in total. The molecule has 3 unspecified atom stereocenters. The summed E-state index contributed by atoms with van der Waals surface area (Å²) in [5.74, 6) is 5.11. The zero-order valence-corrected chi connectivity index (χ0v) is 23.6. The summed E-state index contributed by atoms with van der Waals surface area (Å²) >= 11 is 0. The average Bonchev–Trinajstić information content (AvgIpc) is 3.31. The number of fused-ring (bicyclic) bond motifs is 1. The molecule has 0 aromatic heterocycles. The molecule has 1 nitrogen and oxygen atoms in total. The van der Waals surface area contributed by atoms with Crippen LogP contribution in [0.3, 0.4) is 0 Å². The van der Waals surface area contributed by atoms with Crippen molar-refractivity contribution in [2.45, 2.75) is 70.6 Å². The van der Waals surface area contributed by atoms with Crippen LogP contribution in [0.5, 0.6) is 0 Å². The van der Waals surface area contributed by atoms with E-state index in [0.717, 1.165) is 29.6 Å². The van der Waals surface area contributed by atoms with Gasteiger partial charge < -0.3 is 12.2 Å². The molecule has 0 spiro atoms. The fourth-order valence-electron chi connectivity index (χ4n) is 7.46. The first-order chi connectivity index (χ1) is 15.9. The van der Waals surface area contributed by atoms with Crippen LogP contribution < -0.4 is 10.6 Å². The van der Waals surface area contributed by atoms with Gasteiger partial charge >= 0.3 is 19.5 Å². The molecule has 3 fully saturated rings. The molecule has 5 rings (SSSR count). The fourth-order valence-corrected chi connectivity index (χ4v) is 10.6. The van der Waals surface area contributed by atoms with Crippen molar-refractivity contribution in [3.8, 4) is 0 Å². The van der Waals surface area contributed by atoms with E-state index in [1.807, 2.05) is 0 Å². The van der Waals surface area contributed by atoms with E-state index in [4.69, 9.17) is 4.79 Å². The van der Waals surface area contributed by atoms with Crippen LogP contribution >= 0.6 is 7.92 Å². The van der Waals surface area contributed by atoms with Crippen molar-refractivity contribution in [2.75, 3.05) is 6.16 Å². The van der Waals surface area contributed by atoms with Crippen LogP contribution in [0.25, 0.3) is 0 Å². The van der Waals surface area contributed by atoms with Gasteiger partial charge in [0.05, 0.1) is 24.7 Å². The third-order valence-corrected chi connectivity index (χ3v) is 11.8. The molecule has 0 saturated heterocycles. The molecule has 3 saturated carbocycles. The number of benzene rings is 2. The molecule has 1 radical (unpaired) electrons. The number of carbonyl (C=O) groups excluding carboxylic acids is 1. The molecule has 0 aliphatic heterocycles. The van der Waals surface area contributed by atoms with Crippen molar-refractivity contribution in [1.82, 2.24) is 0 Å². The molecule has 3 aliphatic carbocycles. The van der Waals surface area contributed by atoms with Crippen LogP contribution in [0.1, 0.15) is 70.6 Å². The van der Waals surface area contributed by atoms with E-state index < -0.39 is 7.92 Å². The maximum Gasteiger partial charge on any atom is 2.00 e. The van der Waals surface area contributed by atoms with E-state index in [0.29, 0.717) is 0 Å². The Hall–Kier alpha value is -0.837. The minimum Gasteiger partial charge on any atom is -0.545 e. The maximum atomic E-state index is 7.75. The van der Waals surface area contributed by atoms with Crippen LogP contribution in [-0.4, -0.2) is 13.0 Å². The summed E-state index contributed by atoms with van der Waals surface area (Å²) in [6.45, 7) is 3.25. The first-order valence-electron chi connectivity index (χ1n) is 13.1. The van der Waals surface area contributed by atoms with Crippen molar-refractivity contribution < 1.29 is 24.3 Å². The van der Waals surface area contributed by atoms with E-state index in [9.17, 15) is 0 Å². The van der Waals surface area contributed by atoms with Gasteiger partial charge in [0.25, 0.3) is 0 Å². The molecule has 0 bridgehead atoms. The SMILES string of the molecule is [CH-]=O.[CH3-].[Rh+2].c1ccc([PH+](C[C@H](C2CCCCC2)C2CCC3CCCCC32)c2ccccc2)cc1. The number of hydrogen-bond donors (Lipinski definition) is 0. The summed E-state index contributed by atoms with van der Waals surface area (Å²) in [6, 6.07) is 23.2. The largest absolute Gasteiger partial charge is 2.00 e. The van der Waals surface area contributed by atoms with E-state index in [2.05, 4.69) is 67.5 Å². The van der Waals surface area contributed by atoms with Gasteiger partial charge in [-0.25, -0.2) is 0 Å². The van der Waals surface area contributed by atoms with Crippen molar-refractivity contribution in [3.63, 3.8) is 0 Å². The Morgan fingerprint density at radius 2 is 1.24 bits per heavy atom. The quantitative estimate of drug-likeness (QED) is 0.154. The zero-order chi connectivity index (χ0) is 22.2. The van der Waals surface area contributed by atoms with Gasteiger partial charge in [0.1, 0.15) is 0 Å². The number of rotatable bonds is 6. The van der Waals surface area contributed by atoms with Gasteiger partial charge in [-0.15, -0.1) is 0 Å². The van der Waals surface area contributed by atoms with E-state index in [-0.39, 0.29) is 26.9 Å². The van der Waals surface area contributed by atoms with E-state index >= 15 is 0 Å². The Morgan fingerprint density at radius 1 is 0.706 bits per heavy atom. The summed E-state index contributed by atoms with van der Waals surface area (Å²) < 4.78 is 0. The van der Waals surface area contributed by atoms with Gasteiger partial charge in [-0.05, 0) is 73.1 Å². The van der Waals surface area contributed by atoms with Crippen LogP contribution in [0.4, 0.5) is 0 Å². The Kier molecular flexibility index (Phi) is 13.2. The first kappa shape index (κ1) is 29.4. The Bertz CT molecular complexity index is 752. The van der Waals surface area contributed by atoms with Gasteiger partial charge in [-0.2, -0.15) is 0 Å². The standard InChI is InChI=1S/C29H39P.CHO.CH3.Rh/c1-4-12-23(13-5-1)29(28-21-20-24-14-10-11-19-27(24)28)22-30(25-15-6-2-7-16-25)26-17-8-3-9-18-26;1-2;;/h2-3,6-9,15-18,23-24,27-29H,1,4-5,10-14,19-22H2;1H;1H3;/q;2*-1;+2/p+1/t24?,27?,28?,29-;;;/m1.../s1. The van der Waals surface area contributed by atoms with Gasteiger partial charge in [-0.1, -0.05) is 87.8 Å². The molecule has 2 aromatic carbocycles. The molecular weight excluding hydrogens is 522 g/mol. The summed E-state index contributed by atoms with van der Waals surface area (Å²) in [7, 11) is -0.720. The van der Waals surface area contributed by atoms with E-state index in [1.54, 1.807) is 10.6 Å². The number of hydrogen-bond acceptors (Lipinski definition) is 1. The van der Waals surface area contributed by atoms with Crippen LogP contribution in [0.15, 0.2) is 60.7 Å². The molecule has 4 atom stereocenters. The van der Waals surface area contributed by atoms with Gasteiger partial charge in [0, 0.05) is 0 Å². The summed E-state index contributed by atoms with van der Waals surface area (Å²) in [5, 5.41) is 3.26. The molecule has 2 aromatic rings. The van der Waals surface area contributed by atoms with Crippen molar-refractivity contribution >= 4 is 25.3 Å². The van der Waals surface area contributed by atoms with Gasteiger partial charge in [-0.3, -0.25) is 6.79 Å². The predicted octanol–water partition coefficient (Wildman–Crippen LogP) is 7.44. The van der Waals surface area contributed by atoms with Crippen molar-refractivity contribution in [1.29, 1.82) is 0 Å². The summed E-state index contributed by atoms with van der Waals surface area (Å²) in [5.41, 5.74) is 0. The second-order valence-electron chi connectivity index (χ2n) is 10.4. The normalized spacial score (nSPS) is 25.1. The molecule has 187 valence electrons. The molecule has 34 heavy (non-hydrogen) atoms. The Labute approximate surface area is 223 Å². The fraction of sp³-hybridized carbons (Fsp3) is 0.548. The van der Waals surface area contributed by atoms with E-state index in [1.165, 1.54) is 76.8 Å². The second-order valence-corrected chi connectivity index (χ2v) is 12.9. The third-order valence-electron chi connectivity index (χ3n) is 8.88. The summed E-state index contributed by atoms with van der Waals surface area (Å²) in [6.07, 6.45) is 18.1. The predicted molar refractivity (Wildman–Crippen MR) is 147 cm³/mol. The minimum atomic E-state index is -0.720. The molecular formula is C31H44OPRh+. The van der Waals surface area contributed by atoms with Gasteiger partial charge in [0.15, 0.2) is 0 Å². The molecule has 3 aliphatic rings. The summed E-state index contributed by atoms with van der Waals surface area (Å²) in [4.78, 5) is 7.75. The molecule has 0 heterocycles.